The SMILES string of the molecule is CC.CC(Nc1nc(C(=O)O)nc2nc(C3(c4ccccc4)CC3)n(Cc3ccc(C(F)(F)F)cc3)c12)C1CCC1. The van der Waals surface area contributed by atoms with Crippen LogP contribution in [0.2, 0.25) is 0 Å². The van der Waals surface area contributed by atoms with Gasteiger partial charge in [-0.25, -0.2) is 19.7 Å². The van der Waals surface area contributed by atoms with Gasteiger partial charge in [-0.2, -0.15) is 13.2 Å². The molecular weight excluding hydrogens is 531 g/mol. The lowest BCUT2D eigenvalue weighted by Gasteiger charge is -2.32. The van der Waals surface area contributed by atoms with Gasteiger partial charge in [0.05, 0.1) is 11.0 Å². The standard InChI is InChI=1S/C29H28F3N5O2.C2H6/c1-17(19-6-5-7-19)33-23-22-24(35-25(34-23)26(38)39)36-27(28(14-15-28)20-8-3-2-4-9-20)37(22)16-18-10-12-21(13-11-18)29(30,31)32;1-2/h2-4,8-13,17,19H,5-7,14-16H2,1H3,(H,38,39)(H,33,34,35);1-2H3. The Morgan fingerprint density at radius 1 is 1.05 bits per heavy atom. The summed E-state index contributed by atoms with van der Waals surface area (Å²) >= 11 is 0. The van der Waals surface area contributed by atoms with Gasteiger partial charge < -0.3 is 15.0 Å². The molecule has 2 aliphatic rings. The van der Waals surface area contributed by atoms with E-state index < -0.39 is 23.1 Å². The summed E-state index contributed by atoms with van der Waals surface area (Å²) in [5.74, 6) is -0.0559. The molecule has 1 atom stereocenters. The fourth-order valence-corrected chi connectivity index (χ4v) is 5.53. The first-order chi connectivity index (χ1) is 19.7. The highest BCUT2D eigenvalue weighted by Gasteiger charge is 2.50. The number of carboxylic acid groups (broad SMARTS) is 1. The maximum absolute atomic E-state index is 13.2. The van der Waals surface area contributed by atoms with Gasteiger partial charge in [0, 0.05) is 12.6 Å². The summed E-state index contributed by atoms with van der Waals surface area (Å²) in [5.41, 5.74) is 1.45. The average molecular weight is 566 g/mol. The lowest BCUT2D eigenvalue weighted by molar-refractivity contribution is -0.137. The number of alkyl halides is 3. The molecule has 2 aliphatic carbocycles. The van der Waals surface area contributed by atoms with Crippen LogP contribution in [0.1, 0.15) is 86.0 Å². The van der Waals surface area contributed by atoms with Crippen molar-refractivity contribution in [2.75, 3.05) is 5.32 Å². The van der Waals surface area contributed by atoms with Crippen molar-refractivity contribution in [2.24, 2.45) is 5.92 Å². The second kappa shape index (κ2) is 11.1. The van der Waals surface area contributed by atoms with Crippen LogP contribution in [0.4, 0.5) is 19.0 Å². The minimum atomic E-state index is -4.42. The number of nitrogens with one attached hydrogen (secondary N) is 1. The molecule has 2 N–H and O–H groups in total. The summed E-state index contributed by atoms with van der Waals surface area (Å²) in [6, 6.07) is 15.1. The van der Waals surface area contributed by atoms with Crippen LogP contribution in [0.25, 0.3) is 11.2 Å². The van der Waals surface area contributed by atoms with Crippen LogP contribution in [0.15, 0.2) is 54.6 Å². The molecule has 2 fully saturated rings. The van der Waals surface area contributed by atoms with Crippen molar-refractivity contribution >= 4 is 23.0 Å². The lowest BCUT2D eigenvalue weighted by atomic mass is 9.80. The van der Waals surface area contributed by atoms with E-state index >= 15 is 0 Å². The predicted molar refractivity (Wildman–Crippen MR) is 151 cm³/mol. The van der Waals surface area contributed by atoms with E-state index in [0.29, 0.717) is 28.6 Å². The van der Waals surface area contributed by atoms with Gasteiger partial charge in [-0.1, -0.05) is 62.7 Å². The molecule has 0 amide bonds. The molecule has 1 unspecified atom stereocenters. The number of carboxylic acids is 1. The lowest BCUT2D eigenvalue weighted by Crippen LogP contribution is -2.31. The van der Waals surface area contributed by atoms with E-state index in [2.05, 4.69) is 22.2 Å². The van der Waals surface area contributed by atoms with Crippen LogP contribution in [-0.2, 0) is 18.1 Å². The molecule has 216 valence electrons. The molecular formula is C31H34F3N5O2. The number of fused-ring (bicyclic) bond motifs is 1. The first-order valence-electron chi connectivity index (χ1n) is 14.2. The Morgan fingerprint density at radius 2 is 1.71 bits per heavy atom. The van der Waals surface area contributed by atoms with E-state index in [9.17, 15) is 23.1 Å². The van der Waals surface area contributed by atoms with Gasteiger partial charge in [-0.15, -0.1) is 0 Å². The zero-order valence-electron chi connectivity index (χ0n) is 23.4. The van der Waals surface area contributed by atoms with Crippen LogP contribution in [0, 0.1) is 5.92 Å². The maximum Gasteiger partial charge on any atom is 0.416 e. The molecule has 0 bridgehead atoms. The van der Waals surface area contributed by atoms with Gasteiger partial charge in [0.25, 0.3) is 0 Å². The minimum Gasteiger partial charge on any atom is -0.475 e. The van der Waals surface area contributed by atoms with Gasteiger partial charge >= 0.3 is 12.1 Å². The third-order valence-electron chi connectivity index (χ3n) is 8.14. The second-order valence-corrected chi connectivity index (χ2v) is 10.7. The first kappa shape index (κ1) is 28.6. The molecule has 2 saturated carbocycles. The van der Waals surface area contributed by atoms with Crippen LogP contribution in [-0.4, -0.2) is 36.6 Å². The molecule has 0 spiro atoms. The van der Waals surface area contributed by atoms with Gasteiger partial charge in [0.2, 0.25) is 5.82 Å². The number of halogens is 3. The molecule has 7 nitrogen and oxygen atoms in total. The third-order valence-corrected chi connectivity index (χ3v) is 8.14. The zero-order valence-corrected chi connectivity index (χ0v) is 23.4. The monoisotopic (exact) mass is 565 g/mol. The van der Waals surface area contributed by atoms with Crippen molar-refractivity contribution in [2.45, 2.75) is 77.1 Å². The van der Waals surface area contributed by atoms with Gasteiger partial charge in [-0.3, -0.25) is 0 Å². The molecule has 0 radical (unpaired) electrons. The number of imidazole rings is 1. The number of nitrogens with zero attached hydrogens (tertiary/aromatic N) is 4. The maximum atomic E-state index is 13.2. The number of hydrogen-bond acceptors (Lipinski definition) is 5. The fraction of sp³-hybridized carbons (Fsp3) is 0.419. The molecule has 4 aromatic rings. The van der Waals surface area contributed by atoms with Crippen molar-refractivity contribution in [1.82, 2.24) is 19.5 Å². The van der Waals surface area contributed by atoms with Crippen LogP contribution < -0.4 is 5.32 Å². The number of hydrogen-bond donors (Lipinski definition) is 2. The van der Waals surface area contributed by atoms with E-state index in [1.54, 1.807) is 0 Å². The summed E-state index contributed by atoms with van der Waals surface area (Å²) in [4.78, 5) is 25.5. The smallest absolute Gasteiger partial charge is 0.416 e. The van der Waals surface area contributed by atoms with E-state index in [1.807, 2.05) is 48.7 Å². The van der Waals surface area contributed by atoms with Gasteiger partial charge in [0.1, 0.15) is 11.3 Å². The number of benzene rings is 2. The number of aromatic nitrogens is 4. The van der Waals surface area contributed by atoms with E-state index in [1.165, 1.54) is 12.1 Å². The zero-order chi connectivity index (χ0) is 29.4. The predicted octanol–water partition coefficient (Wildman–Crippen LogP) is 7.30. The largest absolute Gasteiger partial charge is 0.475 e. The number of carbonyl (C=O) groups is 1. The van der Waals surface area contributed by atoms with Crippen LogP contribution >= 0.6 is 0 Å². The number of aromatic carboxylic acids is 1. The van der Waals surface area contributed by atoms with Crippen molar-refractivity contribution in [3.05, 3.63) is 82.9 Å². The summed E-state index contributed by atoms with van der Waals surface area (Å²) in [6.45, 7) is 6.29. The average Bonchev–Trinajstić information content (AvgIpc) is 3.65. The van der Waals surface area contributed by atoms with Crippen molar-refractivity contribution in [3.63, 3.8) is 0 Å². The number of rotatable bonds is 8. The first-order valence-corrected chi connectivity index (χ1v) is 14.2. The normalized spacial score (nSPS) is 16.8. The highest BCUT2D eigenvalue weighted by molar-refractivity contribution is 5.91. The summed E-state index contributed by atoms with van der Waals surface area (Å²) in [5, 5.41) is 13.2. The van der Waals surface area contributed by atoms with Crippen LogP contribution in [0.3, 0.4) is 0 Å². The topological polar surface area (TPSA) is 92.9 Å². The van der Waals surface area contributed by atoms with Crippen molar-refractivity contribution in [1.29, 1.82) is 0 Å². The quantitative estimate of drug-likeness (QED) is 0.233. The molecule has 41 heavy (non-hydrogen) atoms. The summed E-state index contributed by atoms with van der Waals surface area (Å²) in [6.07, 6.45) is 0.586. The Kier molecular flexibility index (Phi) is 7.76. The molecule has 0 saturated heterocycles. The van der Waals surface area contributed by atoms with Crippen molar-refractivity contribution < 1.29 is 23.1 Å². The number of anilines is 1. The highest BCUT2D eigenvalue weighted by atomic mass is 19.4. The summed E-state index contributed by atoms with van der Waals surface area (Å²) in [7, 11) is 0. The fourth-order valence-electron chi connectivity index (χ4n) is 5.53. The molecule has 2 heterocycles. The Labute approximate surface area is 236 Å². The Hall–Kier alpha value is -3.95. The highest BCUT2D eigenvalue weighted by Crippen LogP contribution is 2.53. The summed E-state index contributed by atoms with van der Waals surface area (Å²) < 4.78 is 41.6. The van der Waals surface area contributed by atoms with Crippen LogP contribution in [0.5, 0.6) is 0 Å². The van der Waals surface area contributed by atoms with E-state index in [0.717, 1.165) is 49.8 Å². The molecule has 10 heteroatoms. The Bertz CT molecular complexity index is 1530. The van der Waals surface area contributed by atoms with Gasteiger partial charge in [0.15, 0.2) is 11.5 Å². The molecule has 2 aromatic heterocycles. The second-order valence-electron chi connectivity index (χ2n) is 10.7. The minimum absolute atomic E-state index is 0.0559. The molecule has 0 aliphatic heterocycles. The Morgan fingerprint density at radius 3 is 2.24 bits per heavy atom. The van der Waals surface area contributed by atoms with Crippen molar-refractivity contribution in [3.8, 4) is 0 Å². The Balaban J connectivity index is 0.00000165. The van der Waals surface area contributed by atoms with Gasteiger partial charge in [-0.05, 0) is 61.8 Å². The third kappa shape index (κ3) is 5.52. The van der Waals surface area contributed by atoms with E-state index in [-0.39, 0.29) is 24.1 Å². The van der Waals surface area contributed by atoms with E-state index in [4.69, 9.17) is 4.98 Å². The molecule has 6 rings (SSSR count). The molecule has 2 aromatic carbocycles.